The van der Waals surface area contributed by atoms with Gasteiger partial charge in [0.25, 0.3) is 5.91 Å². The fourth-order valence-electron chi connectivity index (χ4n) is 1.85. The summed E-state index contributed by atoms with van der Waals surface area (Å²) in [6.45, 7) is 6.28. The van der Waals surface area contributed by atoms with E-state index in [0.717, 1.165) is 6.42 Å². The first-order valence-electron chi connectivity index (χ1n) is 7.26. The van der Waals surface area contributed by atoms with Crippen LogP contribution in [-0.2, 0) is 4.79 Å². The molecule has 1 amide bonds. The zero-order chi connectivity index (χ0) is 15.8. The Hall–Kier alpha value is -2.04. The lowest BCUT2D eigenvalue weighted by molar-refractivity contribution is -0.140. The predicted molar refractivity (Wildman–Crippen MR) is 80.6 cm³/mol. The highest BCUT2D eigenvalue weighted by molar-refractivity contribution is 5.96. The lowest BCUT2D eigenvalue weighted by atomic mass is 9.99. The van der Waals surface area contributed by atoms with E-state index in [4.69, 9.17) is 4.74 Å². The summed E-state index contributed by atoms with van der Waals surface area (Å²) in [7, 11) is 0. The molecular weight excluding hydrogens is 270 g/mol. The molecule has 2 atom stereocenters. The van der Waals surface area contributed by atoms with Crippen LogP contribution in [0, 0.1) is 5.92 Å². The molecule has 0 fully saturated rings. The van der Waals surface area contributed by atoms with Crippen LogP contribution in [0.3, 0.4) is 0 Å². The number of ether oxygens (including phenoxy) is 1. The first-order valence-corrected chi connectivity index (χ1v) is 7.26. The van der Waals surface area contributed by atoms with Gasteiger partial charge < -0.3 is 15.2 Å². The van der Waals surface area contributed by atoms with Crippen molar-refractivity contribution in [1.29, 1.82) is 0 Å². The lowest BCUT2D eigenvalue weighted by Gasteiger charge is -2.20. The Kier molecular flexibility index (Phi) is 6.72. The minimum atomic E-state index is -1.02. The van der Waals surface area contributed by atoms with Crippen LogP contribution in [-0.4, -0.2) is 29.6 Å². The molecule has 0 aliphatic rings. The van der Waals surface area contributed by atoms with Crippen LogP contribution in [0.25, 0.3) is 0 Å². The topological polar surface area (TPSA) is 75.6 Å². The maximum absolute atomic E-state index is 12.2. The third-order valence-electron chi connectivity index (χ3n) is 3.33. The Morgan fingerprint density at radius 2 is 2.05 bits per heavy atom. The maximum Gasteiger partial charge on any atom is 0.326 e. The van der Waals surface area contributed by atoms with Gasteiger partial charge in [0.1, 0.15) is 11.8 Å². The third-order valence-corrected chi connectivity index (χ3v) is 3.33. The minimum Gasteiger partial charge on any atom is -0.494 e. The monoisotopic (exact) mass is 293 g/mol. The number of benzene rings is 1. The molecule has 0 unspecified atom stereocenters. The number of hydrogen-bond donors (Lipinski definition) is 2. The van der Waals surface area contributed by atoms with E-state index in [1.165, 1.54) is 0 Å². The molecule has 0 radical (unpaired) electrons. The van der Waals surface area contributed by atoms with Gasteiger partial charge in [-0.15, -0.1) is 0 Å². The van der Waals surface area contributed by atoms with Gasteiger partial charge in [0, 0.05) is 5.56 Å². The highest BCUT2D eigenvalue weighted by Crippen LogP contribution is 2.15. The van der Waals surface area contributed by atoms with Gasteiger partial charge in [-0.2, -0.15) is 0 Å². The summed E-state index contributed by atoms with van der Waals surface area (Å²) in [6.07, 6.45) is 1.56. The van der Waals surface area contributed by atoms with Crippen molar-refractivity contribution >= 4 is 11.9 Å². The van der Waals surface area contributed by atoms with Crippen molar-refractivity contribution in [3.63, 3.8) is 0 Å². The van der Waals surface area contributed by atoms with Crippen LogP contribution in [0.4, 0.5) is 0 Å². The molecule has 0 spiro atoms. The second-order valence-corrected chi connectivity index (χ2v) is 5.05. The number of aliphatic carboxylic acids is 1. The van der Waals surface area contributed by atoms with Crippen molar-refractivity contribution in [2.75, 3.05) is 6.61 Å². The molecule has 0 aliphatic heterocycles. The van der Waals surface area contributed by atoms with Gasteiger partial charge >= 0.3 is 5.97 Å². The fraction of sp³-hybridized carbons (Fsp3) is 0.500. The molecule has 5 heteroatoms. The standard InChI is InChI=1S/C16H23NO4/c1-4-9-21-13-8-6-7-12(10-13)15(18)17-14(16(19)20)11(3)5-2/h6-8,10-11,14H,4-5,9H2,1-3H3,(H,17,18)(H,19,20)/t11-,14-/m0/s1. The van der Waals surface area contributed by atoms with Crippen molar-refractivity contribution in [2.45, 2.75) is 39.7 Å². The van der Waals surface area contributed by atoms with Crippen LogP contribution < -0.4 is 10.1 Å². The summed E-state index contributed by atoms with van der Waals surface area (Å²) in [5.41, 5.74) is 0.401. The van der Waals surface area contributed by atoms with Crippen molar-refractivity contribution < 1.29 is 19.4 Å². The van der Waals surface area contributed by atoms with Gasteiger partial charge in [0.15, 0.2) is 0 Å². The molecule has 21 heavy (non-hydrogen) atoms. The van der Waals surface area contributed by atoms with Crippen molar-refractivity contribution in [1.82, 2.24) is 5.32 Å². The molecular formula is C16H23NO4. The molecule has 0 heterocycles. The molecule has 1 aromatic carbocycles. The second-order valence-electron chi connectivity index (χ2n) is 5.05. The largest absolute Gasteiger partial charge is 0.494 e. The summed E-state index contributed by atoms with van der Waals surface area (Å²) in [5.74, 6) is -0.938. The quantitative estimate of drug-likeness (QED) is 0.772. The van der Waals surface area contributed by atoms with Crippen molar-refractivity contribution in [2.24, 2.45) is 5.92 Å². The maximum atomic E-state index is 12.2. The van der Waals surface area contributed by atoms with Crippen LogP contribution in [0.15, 0.2) is 24.3 Å². The average molecular weight is 293 g/mol. The molecule has 2 N–H and O–H groups in total. The van der Waals surface area contributed by atoms with Crippen LogP contribution in [0.5, 0.6) is 5.75 Å². The normalized spacial score (nSPS) is 13.3. The molecule has 0 aromatic heterocycles. The van der Waals surface area contributed by atoms with Gasteiger partial charge in [-0.25, -0.2) is 4.79 Å². The first-order chi connectivity index (χ1) is 9.99. The van der Waals surface area contributed by atoms with E-state index in [-0.39, 0.29) is 5.92 Å². The third kappa shape index (κ3) is 5.10. The van der Waals surface area contributed by atoms with Gasteiger partial charge in [-0.3, -0.25) is 4.79 Å². The summed E-state index contributed by atoms with van der Waals surface area (Å²) < 4.78 is 5.47. The molecule has 0 aliphatic carbocycles. The summed E-state index contributed by atoms with van der Waals surface area (Å²) in [4.78, 5) is 23.4. The smallest absolute Gasteiger partial charge is 0.326 e. The van der Waals surface area contributed by atoms with Crippen molar-refractivity contribution in [3.8, 4) is 5.75 Å². The van der Waals surface area contributed by atoms with E-state index in [2.05, 4.69) is 5.32 Å². The molecule has 0 bridgehead atoms. The van der Waals surface area contributed by atoms with Crippen LogP contribution >= 0.6 is 0 Å². The average Bonchev–Trinajstić information content (AvgIpc) is 2.49. The Morgan fingerprint density at radius 1 is 1.33 bits per heavy atom. The van der Waals surface area contributed by atoms with E-state index in [0.29, 0.717) is 24.3 Å². The van der Waals surface area contributed by atoms with E-state index in [9.17, 15) is 14.7 Å². The van der Waals surface area contributed by atoms with Gasteiger partial charge in [0.2, 0.25) is 0 Å². The summed E-state index contributed by atoms with van der Waals surface area (Å²) >= 11 is 0. The van der Waals surface area contributed by atoms with Gasteiger partial charge in [-0.05, 0) is 30.5 Å². The number of rotatable bonds is 8. The molecule has 1 aromatic rings. The van der Waals surface area contributed by atoms with E-state index >= 15 is 0 Å². The molecule has 116 valence electrons. The van der Waals surface area contributed by atoms with E-state index < -0.39 is 17.9 Å². The second kappa shape index (κ2) is 8.29. The highest BCUT2D eigenvalue weighted by atomic mass is 16.5. The molecule has 0 saturated carbocycles. The van der Waals surface area contributed by atoms with Gasteiger partial charge in [0.05, 0.1) is 6.61 Å². The number of carbonyl (C=O) groups excluding carboxylic acids is 1. The SMILES string of the molecule is CCCOc1cccc(C(=O)N[C@H](C(=O)O)[C@@H](C)CC)c1. The summed E-state index contributed by atoms with van der Waals surface area (Å²) in [6, 6.07) is 5.88. The molecule has 5 nitrogen and oxygen atoms in total. The predicted octanol–water partition coefficient (Wildman–Crippen LogP) is 2.70. The highest BCUT2D eigenvalue weighted by Gasteiger charge is 2.25. The first kappa shape index (κ1) is 17.0. The van der Waals surface area contributed by atoms with E-state index in [1.54, 1.807) is 31.2 Å². The fourth-order valence-corrected chi connectivity index (χ4v) is 1.85. The number of carbonyl (C=O) groups is 2. The molecule has 0 saturated heterocycles. The number of nitrogens with one attached hydrogen (secondary N) is 1. The lowest BCUT2D eigenvalue weighted by Crippen LogP contribution is -2.45. The number of carboxylic acids is 1. The molecule has 1 rings (SSSR count). The van der Waals surface area contributed by atoms with Crippen LogP contribution in [0.2, 0.25) is 0 Å². The Morgan fingerprint density at radius 3 is 2.62 bits per heavy atom. The van der Waals surface area contributed by atoms with E-state index in [1.807, 2.05) is 13.8 Å². The zero-order valence-electron chi connectivity index (χ0n) is 12.8. The van der Waals surface area contributed by atoms with Gasteiger partial charge in [-0.1, -0.05) is 33.3 Å². The summed E-state index contributed by atoms with van der Waals surface area (Å²) in [5, 5.41) is 11.8. The van der Waals surface area contributed by atoms with Crippen LogP contribution in [0.1, 0.15) is 44.0 Å². The number of hydrogen-bond acceptors (Lipinski definition) is 3. The number of amides is 1. The number of carboxylic acid groups (broad SMARTS) is 1. The Balaban J connectivity index is 2.80. The zero-order valence-corrected chi connectivity index (χ0v) is 12.8. The Labute approximate surface area is 125 Å². The Bertz CT molecular complexity index is 487. The minimum absolute atomic E-state index is 0.133. The van der Waals surface area contributed by atoms with Crippen molar-refractivity contribution in [3.05, 3.63) is 29.8 Å².